The Kier molecular flexibility index (Phi) is 9.97. The third-order valence-electron chi connectivity index (χ3n) is 1.70. The number of hydrogen-bond donors (Lipinski definition) is 2. The predicted octanol–water partition coefficient (Wildman–Crippen LogP) is 0.931. The molecule has 0 bridgehead atoms. The second-order valence-corrected chi connectivity index (χ2v) is 2.38. The highest BCUT2D eigenvalue weighted by Gasteiger charge is 2.08. The average Bonchev–Trinajstić information content (AvgIpc) is 1.90. The van der Waals surface area contributed by atoms with Gasteiger partial charge in [0.05, 0.1) is 0 Å². The van der Waals surface area contributed by atoms with Gasteiger partial charge in [0.25, 0.3) is 0 Å². The largest absolute Gasteiger partial charge is 0.329 e. The van der Waals surface area contributed by atoms with Crippen molar-refractivity contribution >= 4 is 24.8 Å². The standard InChI is InChI=1S/C6H14N2.2ClH/c7-5-6-3-1-2-4-8-6;;/h6,8H,1-5,7H2;2*1H/t6-;;/m1../s1. The fourth-order valence-electron chi connectivity index (χ4n) is 1.13. The van der Waals surface area contributed by atoms with Crippen LogP contribution in [-0.2, 0) is 0 Å². The maximum absolute atomic E-state index is 5.44. The molecule has 0 unspecified atom stereocenters. The number of halogens is 2. The summed E-state index contributed by atoms with van der Waals surface area (Å²) in [7, 11) is 0. The highest BCUT2D eigenvalue weighted by atomic mass is 35.5. The van der Waals surface area contributed by atoms with Gasteiger partial charge in [-0.25, -0.2) is 0 Å². The molecule has 10 heavy (non-hydrogen) atoms. The van der Waals surface area contributed by atoms with Crippen molar-refractivity contribution in [2.75, 3.05) is 13.1 Å². The Morgan fingerprint density at radius 2 is 2.00 bits per heavy atom. The fraction of sp³-hybridized carbons (Fsp3) is 1.00. The average molecular weight is 187 g/mol. The third kappa shape index (κ3) is 4.34. The lowest BCUT2D eigenvalue weighted by atomic mass is 10.1. The third-order valence-corrected chi connectivity index (χ3v) is 1.70. The van der Waals surface area contributed by atoms with Gasteiger partial charge in [-0.05, 0) is 19.4 Å². The summed E-state index contributed by atoms with van der Waals surface area (Å²) in [6.07, 6.45) is 3.96. The normalized spacial score (nSPS) is 24.3. The Balaban J connectivity index is 0. The van der Waals surface area contributed by atoms with E-state index in [-0.39, 0.29) is 24.8 Å². The predicted molar refractivity (Wildman–Crippen MR) is 49.2 cm³/mol. The molecule has 1 fully saturated rings. The SMILES string of the molecule is Cl.Cl.NC[C@H]1CCCCN1. The van der Waals surface area contributed by atoms with E-state index in [1.807, 2.05) is 0 Å². The van der Waals surface area contributed by atoms with Crippen molar-refractivity contribution in [2.24, 2.45) is 5.73 Å². The molecule has 1 aliphatic rings. The van der Waals surface area contributed by atoms with Crippen LogP contribution < -0.4 is 11.1 Å². The molecule has 3 N–H and O–H groups in total. The van der Waals surface area contributed by atoms with Crippen molar-refractivity contribution in [3.05, 3.63) is 0 Å². The molecule has 0 aliphatic carbocycles. The van der Waals surface area contributed by atoms with Crippen LogP contribution in [0.5, 0.6) is 0 Å². The number of nitrogens with one attached hydrogen (secondary N) is 1. The van der Waals surface area contributed by atoms with Gasteiger partial charge in [0.2, 0.25) is 0 Å². The van der Waals surface area contributed by atoms with Gasteiger partial charge >= 0.3 is 0 Å². The number of rotatable bonds is 1. The van der Waals surface area contributed by atoms with E-state index >= 15 is 0 Å². The van der Waals surface area contributed by atoms with E-state index in [4.69, 9.17) is 5.73 Å². The van der Waals surface area contributed by atoms with E-state index in [0.717, 1.165) is 6.54 Å². The molecule has 0 aromatic heterocycles. The van der Waals surface area contributed by atoms with Crippen LogP contribution in [0.4, 0.5) is 0 Å². The lowest BCUT2D eigenvalue weighted by Crippen LogP contribution is -2.39. The first-order valence-corrected chi connectivity index (χ1v) is 3.37. The zero-order chi connectivity index (χ0) is 5.82. The number of nitrogens with two attached hydrogens (primary N) is 1. The molecule has 0 amide bonds. The molecule has 1 aliphatic heterocycles. The van der Waals surface area contributed by atoms with Gasteiger partial charge in [0.15, 0.2) is 0 Å². The second-order valence-electron chi connectivity index (χ2n) is 2.38. The molecule has 1 saturated heterocycles. The lowest BCUT2D eigenvalue weighted by molar-refractivity contribution is 0.407. The smallest absolute Gasteiger partial charge is 0.0190 e. The maximum Gasteiger partial charge on any atom is 0.0190 e. The first-order chi connectivity index (χ1) is 3.93. The summed E-state index contributed by atoms with van der Waals surface area (Å²) in [6.45, 7) is 1.97. The molecule has 0 saturated carbocycles. The summed E-state index contributed by atoms with van der Waals surface area (Å²) in [5.41, 5.74) is 5.44. The molecule has 0 spiro atoms. The first-order valence-electron chi connectivity index (χ1n) is 3.37. The summed E-state index contributed by atoms with van der Waals surface area (Å²) in [6, 6.07) is 0.615. The first kappa shape index (κ1) is 13.1. The highest BCUT2D eigenvalue weighted by Crippen LogP contribution is 2.04. The van der Waals surface area contributed by atoms with Crippen molar-refractivity contribution in [3.8, 4) is 0 Å². The Bertz CT molecular complexity index is 64.8. The molecular weight excluding hydrogens is 171 g/mol. The summed E-state index contributed by atoms with van der Waals surface area (Å²) in [4.78, 5) is 0. The van der Waals surface area contributed by atoms with Crippen LogP contribution in [0.2, 0.25) is 0 Å². The van der Waals surface area contributed by atoms with E-state index in [2.05, 4.69) is 5.32 Å². The minimum absolute atomic E-state index is 0. The van der Waals surface area contributed by atoms with Gasteiger partial charge < -0.3 is 11.1 Å². The summed E-state index contributed by atoms with van der Waals surface area (Å²) in [5, 5.41) is 3.34. The molecule has 0 radical (unpaired) electrons. The highest BCUT2D eigenvalue weighted by molar-refractivity contribution is 5.85. The van der Waals surface area contributed by atoms with Crippen molar-refractivity contribution in [3.63, 3.8) is 0 Å². The molecule has 4 heteroatoms. The van der Waals surface area contributed by atoms with Crippen molar-refractivity contribution in [1.29, 1.82) is 0 Å². The zero-order valence-corrected chi connectivity index (χ0v) is 7.64. The van der Waals surface area contributed by atoms with Crippen LogP contribution in [0.25, 0.3) is 0 Å². The van der Waals surface area contributed by atoms with Crippen LogP contribution in [0.3, 0.4) is 0 Å². The minimum atomic E-state index is 0. The molecule has 1 rings (SSSR count). The molecular formula is C6H16Cl2N2. The van der Waals surface area contributed by atoms with Crippen molar-refractivity contribution < 1.29 is 0 Å². The quantitative estimate of drug-likeness (QED) is 0.640. The van der Waals surface area contributed by atoms with Gasteiger partial charge in [-0.2, -0.15) is 0 Å². The lowest BCUT2D eigenvalue weighted by Gasteiger charge is -2.21. The van der Waals surface area contributed by atoms with Crippen LogP contribution in [0, 0.1) is 0 Å². The second kappa shape index (κ2) is 7.61. The van der Waals surface area contributed by atoms with Crippen molar-refractivity contribution in [1.82, 2.24) is 5.32 Å². The maximum atomic E-state index is 5.44. The van der Waals surface area contributed by atoms with E-state index < -0.39 is 0 Å². The fourth-order valence-corrected chi connectivity index (χ4v) is 1.13. The van der Waals surface area contributed by atoms with E-state index in [9.17, 15) is 0 Å². The Labute approximate surface area is 74.8 Å². The molecule has 2 nitrogen and oxygen atoms in total. The monoisotopic (exact) mass is 186 g/mol. The molecule has 0 aromatic rings. The van der Waals surface area contributed by atoms with E-state index in [0.29, 0.717) is 6.04 Å². The van der Waals surface area contributed by atoms with Crippen LogP contribution in [-0.4, -0.2) is 19.1 Å². The van der Waals surface area contributed by atoms with Crippen molar-refractivity contribution in [2.45, 2.75) is 25.3 Å². The van der Waals surface area contributed by atoms with Gasteiger partial charge in [-0.15, -0.1) is 24.8 Å². The number of piperidine rings is 1. The Morgan fingerprint density at radius 3 is 2.30 bits per heavy atom. The van der Waals surface area contributed by atoms with E-state index in [1.165, 1.54) is 25.8 Å². The van der Waals surface area contributed by atoms with Gasteiger partial charge in [0.1, 0.15) is 0 Å². The van der Waals surface area contributed by atoms with Gasteiger partial charge in [-0.1, -0.05) is 6.42 Å². The van der Waals surface area contributed by atoms with Crippen LogP contribution in [0.1, 0.15) is 19.3 Å². The topological polar surface area (TPSA) is 38.0 Å². The van der Waals surface area contributed by atoms with Crippen LogP contribution in [0.15, 0.2) is 0 Å². The molecule has 1 atom stereocenters. The van der Waals surface area contributed by atoms with Gasteiger partial charge in [0, 0.05) is 12.6 Å². The molecule has 64 valence electrons. The van der Waals surface area contributed by atoms with Gasteiger partial charge in [-0.3, -0.25) is 0 Å². The molecule has 0 aromatic carbocycles. The summed E-state index contributed by atoms with van der Waals surface area (Å²) >= 11 is 0. The summed E-state index contributed by atoms with van der Waals surface area (Å²) in [5.74, 6) is 0. The van der Waals surface area contributed by atoms with E-state index in [1.54, 1.807) is 0 Å². The number of hydrogen-bond acceptors (Lipinski definition) is 2. The summed E-state index contributed by atoms with van der Waals surface area (Å²) < 4.78 is 0. The minimum Gasteiger partial charge on any atom is -0.329 e. The Morgan fingerprint density at radius 1 is 1.30 bits per heavy atom. The Hall–Kier alpha value is 0.500. The molecule has 1 heterocycles. The van der Waals surface area contributed by atoms with Crippen LogP contribution >= 0.6 is 24.8 Å². The zero-order valence-electron chi connectivity index (χ0n) is 6.01.